The van der Waals surface area contributed by atoms with E-state index in [1.54, 1.807) is 0 Å². The molecule has 0 radical (unpaired) electrons. The molecule has 114 valence electrons. The maximum absolute atomic E-state index is 5.93. The Morgan fingerprint density at radius 2 is 1.43 bits per heavy atom. The van der Waals surface area contributed by atoms with Crippen molar-refractivity contribution in [1.82, 2.24) is 4.90 Å². The predicted molar refractivity (Wildman–Crippen MR) is 82.0 cm³/mol. The van der Waals surface area contributed by atoms with Crippen molar-refractivity contribution in [2.75, 3.05) is 26.3 Å². The Labute approximate surface area is 127 Å². The number of hydrogen-bond donors (Lipinski definition) is 0. The van der Waals surface area contributed by atoms with Gasteiger partial charge in [0, 0.05) is 18.4 Å². The molecule has 1 spiro atoms. The maximum atomic E-state index is 5.93. The quantitative estimate of drug-likeness (QED) is 0.833. The second kappa shape index (κ2) is 5.38. The molecule has 0 aromatic heterocycles. The molecule has 0 amide bonds. The van der Waals surface area contributed by atoms with Crippen molar-refractivity contribution < 1.29 is 9.47 Å². The lowest BCUT2D eigenvalue weighted by atomic mass is 9.73. The molecule has 3 heteroatoms. The lowest BCUT2D eigenvalue weighted by Crippen LogP contribution is -2.51. The molecule has 1 aliphatic carbocycles. The molecule has 1 aromatic rings. The first-order valence-electron chi connectivity index (χ1n) is 8.42. The molecular formula is C18H25NO2. The predicted octanol–water partition coefficient (Wildman–Crippen LogP) is 3.29. The van der Waals surface area contributed by atoms with Crippen LogP contribution in [0.1, 0.15) is 44.1 Å². The molecule has 3 aliphatic rings. The van der Waals surface area contributed by atoms with Crippen LogP contribution in [-0.2, 0) is 15.0 Å². The molecule has 0 atom stereocenters. The van der Waals surface area contributed by atoms with Gasteiger partial charge in [-0.05, 0) is 44.3 Å². The van der Waals surface area contributed by atoms with Crippen molar-refractivity contribution in [2.45, 2.75) is 49.9 Å². The number of nitrogens with zero attached hydrogens (tertiary/aromatic N) is 1. The number of hydrogen-bond acceptors (Lipinski definition) is 3. The van der Waals surface area contributed by atoms with Crippen LogP contribution in [0.4, 0.5) is 0 Å². The molecule has 4 rings (SSSR count). The first-order chi connectivity index (χ1) is 10.3. The first kappa shape index (κ1) is 13.7. The molecule has 1 saturated carbocycles. The van der Waals surface area contributed by atoms with E-state index >= 15 is 0 Å². The van der Waals surface area contributed by atoms with Gasteiger partial charge < -0.3 is 9.47 Å². The molecule has 2 heterocycles. The van der Waals surface area contributed by atoms with Crippen molar-refractivity contribution in [3.63, 3.8) is 0 Å². The third kappa shape index (κ3) is 2.32. The van der Waals surface area contributed by atoms with Crippen LogP contribution in [0.3, 0.4) is 0 Å². The molecule has 3 fully saturated rings. The summed E-state index contributed by atoms with van der Waals surface area (Å²) >= 11 is 0. The molecule has 21 heavy (non-hydrogen) atoms. The van der Waals surface area contributed by atoms with Crippen LogP contribution >= 0.6 is 0 Å². The third-order valence-electron chi connectivity index (χ3n) is 5.68. The van der Waals surface area contributed by atoms with Crippen LogP contribution in [0.25, 0.3) is 0 Å². The summed E-state index contributed by atoms with van der Waals surface area (Å²) in [4.78, 5) is 2.73. The van der Waals surface area contributed by atoms with Gasteiger partial charge in [0.2, 0.25) is 0 Å². The zero-order chi connectivity index (χ0) is 14.2. The number of ether oxygens (including phenoxy) is 2. The SMILES string of the molecule is c1ccc(C2(N3CCCC3)CCC3(CC2)OCCO3)cc1. The highest BCUT2D eigenvalue weighted by Crippen LogP contribution is 2.49. The van der Waals surface area contributed by atoms with E-state index in [0.717, 1.165) is 38.9 Å². The fourth-order valence-corrected chi connectivity index (χ4v) is 4.51. The lowest BCUT2D eigenvalue weighted by Gasteiger charge is -2.49. The van der Waals surface area contributed by atoms with E-state index in [1.807, 2.05) is 0 Å². The summed E-state index contributed by atoms with van der Waals surface area (Å²) in [6, 6.07) is 11.1. The molecular weight excluding hydrogens is 262 g/mol. The molecule has 0 N–H and O–H groups in total. The average molecular weight is 287 g/mol. The van der Waals surface area contributed by atoms with Gasteiger partial charge in [-0.15, -0.1) is 0 Å². The average Bonchev–Trinajstić information content (AvgIpc) is 3.22. The Kier molecular flexibility index (Phi) is 3.52. The third-order valence-corrected chi connectivity index (χ3v) is 5.68. The fraction of sp³-hybridized carbons (Fsp3) is 0.667. The van der Waals surface area contributed by atoms with Crippen molar-refractivity contribution in [3.8, 4) is 0 Å². The van der Waals surface area contributed by atoms with Gasteiger partial charge in [-0.2, -0.15) is 0 Å². The van der Waals surface area contributed by atoms with E-state index in [1.165, 1.54) is 31.5 Å². The minimum absolute atomic E-state index is 0.207. The van der Waals surface area contributed by atoms with E-state index < -0.39 is 0 Å². The number of likely N-dealkylation sites (tertiary alicyclic amines) is 1. The summed E-state index contributed by atoms with van der Waals surface area (Å²) in [6.07, 6.45) is 7.03. The number of benzene rings is 1. The topological polar surface area (TPSA) is 21.7 Å². The Hall–Kier alpha value is -0.900. The minimum Gasteiger partial charge on any atom is -0.348 e. The van der Waals surface area contributed by atoms with E-state index in [-0.39, 0.29) is 11.3 Å². The van der Waals surface area contributed by atoms with Crippen molar-refractivity contribution >= 4 is 0 Å². The van der Waals surface area contributed by atoms with Crippen LogP contribution in [0.5, 0.6) is 0 Å². The second-order valence-corrected chi connectivity index (χ2v) is 6.70. The zero-order valence-corrected chi connectivity index (χ0v) is 12.7. The van der Waals surface area contributed by atoms with E-state index in [2.05, 4.69) is 35.2 Å². The van der Waals surface area contributed by atoms with Crippen LogP contribution in [-0.4, -0.2) is 37.0 Å². The van der Waals surface area contributed by atoms with Crippen LogP contribution in [0, 0.1) is 0 Å². The zero-order valence-electron chi connectivity index (χ0n) is 12.7. The van der Waals surface area contributed by atoms with Crippen LogP contribution in [0.2, 0.25) is 0 Å². The van der Waals surface area contributed by atoms with E-state index in [4.69, 9.17) is 9.47 Å². The normalized spacial score (nSPS) is 28.2. The standard InChI is InChI=1S/C18H25NO2/c1-2-6-16(7-3-1)17(19-12-4-5-13-19)8-10-18(11-9-17)20-14-15-21-18/h1-3,6-7H,4-5,8-15H2. The van der Waals surface area contributed by atoms with Gasteiger partial charge in [-0.1, -0.05) is 30.3 Å². The van der Waals surface area contributed by atoms with Gasteiger partial charge in [0.25, 0.3) is 0 Å². The van der Waals surface area contributed by atoms with Crippen molar-refractivity contribution in [1.29, 1.82) is 0 Å². The molecule has 2 saturated heterocycles. The number of rotatable bonds is 2. The van der Waals surface area contributed by atoms with Gasteiger partial charge in [-0.3, -0.25) is 4.90 Å². The monoisotopic (exact) mass is 287 g/mol. The fourth-order valence-electron chi connectivity index (χ4n) is 4.51. The molecule has 0 bridgehead atoms. The molecule has 1 aromatic carbocycles. The Morgan fingerprint density at radius 3 is 2.05 bits per heavy atom. The van der Waals surface area contributed by atoms with Crippen LogP contribution < -0.4 is 0 Å². The van der Waals surface area contributed by atoms with Crippen molar-refractivity contribution in [2.24, 2.45) is 0 Å². The highest BCUT2D eigenvalue weighted by Gasteiger charge is 2.49. The van der Waals surface area contributed by atoms with Gasteiger partial charge in [0.05, 0.1) is 13.2 Å². The Morgan fingerprint density at radius 1 is 0.810 bits per heavy atom. The Bertz CT molecular complexity index is 465. The van der Waals surface area contributed by atoms with Gasteiger partial charge in [0.15, 0.2) is 5.79 Å². The summed E-state index contributed by atoms with van der Waals surface area (Å²) in [5.41, 5.74) is 1.69. The van der Waals surface area contributed by atoms with Crippen molar-refractivity contribution in [3.05, 3.63) is 35.9 Å². The molecule has 0 unspecified atom stereocenters. The lowest BCUT2D eigenvalue weighted by molar-refractivity contribution is -0.194. The van der Waals surface area contributed by atoms with Gasteiger partial charge in [-0.25, -0.2) is 0 Å². The second-order valence-electron chi connectivity index (χ2n) is 6.70. The highest BCUT2D eigenvalue weighted by atomic mass is 16.7. The highest BCUT2D eigenvalue weighted by molar-refractivity contribution is 5.26. The van der Waals surface area contributed by atoms with Crippen LogP contribution in [0.15, 0.2) is 30.3 Å². The minimum atomic E-state index is -0.266. The summed E-state index contributed by atoms with van der Waals surface area (Å²) in [7, 11) is 0. The van der Waals surface area contributed by atoms with E-state index in [0.29, 0.717) is 0 Å². The largest absolute Gasteiger partial charge is 0.348 e. The molecule has 2 aliphatic heterocycles. The Balaban J connectivity index is 1.63. The van der Waals surface area contributed by atoms with E-state index in [9.17, 15) is 0 Å². The first-order valence-corrected chi connectivity index (χ1v) is 8.42. The van der Waals surface area contributed by atoms with Gasteiger partial charge >= 0.3 is 0 Å². The summed E-state index contributed by atoms with van der Waals surface area (Å²) < 4.78 is 11.9. The molecule has 3 nitrogen and oxygen atoms in total. The summed E-state index contributed by atoms with van der Waals surface area (Å²) in [5.74, 6) is -0.266. The smallest absolute Gasteiger partial charge is 0.168 e. The summed E-state index contributed by atoms with van der Waals surface area (Å²) in [5, 5.41) is 0. The maximum Gasteiger partial charge on any atom is 0.168 e. The van der Waals surface area contributed by atoms with Gasteiger partial charge in [0.1, 0.15) is 0 Å². The summed E-state index contributed by atoms with van der Waals surface area (Å²) in [6.45, 7) is 4.01.